The van der Waals surface area contributed by atoms with Gasteiger partial charge >= 0.3 is 6.18 Å². The summed E-state index contributed by atoms with van der Waals surface area (Å²) in [5.74, 6) is -0.845. The maximum Gasteiger partial charge on any atom is 0.435 e. The second kappa shape index (κ2) is 10.8. The number of halogens is 3. The van der Waals surface area contributed by atoms with Crippen LogP contribution in [-0.4, -0.2) is 34.9 Å². The molecule has 0 spiro atoms. The third-order valence-electron chi connectivity index (χ3n) is 6.62. The first-order chi connectivity index (χ1) is 19.6. The first-order valence-electron chi connectivity index (χ1n) is 12.5. The topological polar surface area (TPSA) is 94.2 Å². The molecule has 1 amide bonds. The Morgan fingerprint density at radius 2 is 1.71 bits per heavy atom. The smallest absolute Gasteiger partial charge is 0.384 e. The van der Waals surface area contributed by atoms with E-state index in [-0.39, 0.29) is 22.6 Å². The molecule has 206 valence electrons. The average Bonchev–Trinajstić information content (AvgIpc) is 3.43. The van der Waals surface area contributed by atoms with Crippen LogP contribution in [0.2, 0.25) is 0 Å². The van der Waals surface area contributed by atoms with Crippen molar-refractivity contribution in [2.75, 3.05) is 24.3 Å². The summed E-state index contributed by atoms with van der Waals surface area (Å²) in [4.78, 5) is 15.2. The zero-order chi connectivity index (χ0) is 29.3. The molecule has 4 aromatic carbocycles. The minimum absolute atomic E-state index is 0.127. The highest BCUT2D eigenvalue weighted by molar-refractivity contribution is 6.03. The highest BCUT2D eigenvalue weighted by Gasteiger charge is 2.36. The van der Waals surface area contributed by atoms with Crippen molar-refractivity contribution in [2.24, 2.45) is 0 Å². The molecule has 0 aliphatic carbocycles. The number of fused-ring (bicyclic) bond motifs is 1. The van der Waals surface area contributed by atoms with Crippen LogP contribution in [0.15, 0.2) is 91.0 Å². The number of nitrogens with zero attached hydrogens (tertiary/aromatic N) is 4. The van der Waals surface area contributed by atoms with Gasteiger partial charge in [0.25, 0.3) is 5.91 Å². The lowest BCUT2D eigenvalue weighted by Gasteiger charge is -2.20. The summed E-state index contributed by atoms with van der Waals surface area (Å²) in [6.07, 6.45) is -5.83. The highest BCUT2D eigenvalue weighted by atomic mass is 19.4. The third kappa shape index (κ3) is 5.48. The van der Waals surface area contributed by atoms with E-state index in [1.165, 1.54) is 24.3 Å². The van der Waals surface area contributed by atoms with E-state index >= 15 is 0 Å². The van der Waals surface area contributed by atoms with E-state index in [1.807, 2.05) is 61.5 Å². The number of nitriles is 1. The van der Waals surface area contributed by atoms with Gasteiger partial charge in [-0.1, -0.05) is 48.5 Å². The number of amides is 1. The summed E-state index contributed by atoms with van der Waals surface area (Å²) in [6, 6.07) is 26.3. The lowest BCUT2D eigenvalue weighted by molar-refractivity contribution is -0.141. The van der Waals surface area contributed by atoms with Crippen molar-refractivity contribution in [3.05, 3.63) is 119 Å². The van der Waals surface area contributed by atoms with Gasteiger partial charge in [0, 0.05) is 36.9 Å². The molecule has 2 N–H and O–H groups in total. The average molecular weight is 556 g/mol. The maximum absolute atomic E-state index is 13.5. The summed E-state index contributed by atoms with van der Waals surface area (Å²) in [7, 11) is 3.88. The minimum Gasteiger partial charge on any atom is -0.384 e. The molecular formula is C31H24F3N5O2. The molecule has 0 bridgehead atoms. The number of carbonyl (C=O) groups excluding carboxylic acids is 1. The molecule has 1 unspecified atom stereocenters. The molecule has 1 aromatic heterocycles. The number of carbonyl (C=O) groups is 1. The van der Waals surface area contributed by atoms with Crippen LogP contribution in [0.3, 0.4) is 0 Å². The first kappa shape index (κ1) is 27.4. The summed E-state index contributed by atoms with van der Waals surface area (Å²) in [5.41, 5.74) is 1.12. The summed E-state index contributed by atoms with van der Waals surface area (Å²) < 4.78 is 41.4. The summed E-state index contributed by atoms with van der Waals surface area (Å²) in [6.45, 7) is 0. The largest absolute Gasteiger partial charge is 0.435 e. The van der Waals surface area contributed by atoms with Crippen molar-refractivity contribution < 1.29 is 23.1 Å². The number of nitrogens with one attached hydrogen (secondary N) is 1. The van der Waals surface area contributed by atoms with Crippen LogP contribution < -0.4 is 10.2 Å². The van der Waals surface area contributed by atoms with Crippen molar-refractivity contribution >= 4 is 28.1 Å². The van der Waals surface area contributed by atoms with Crippen LogP contribution in [0.5, 0.6) is 0 Å². The van der Waals surface area contributed by atoms with E-state index in [0.29, 0.717) is 17.2 Å². The summed E-state index contributed by atoms with van der Waals surface area (Å²) >= 11 is 0. The lowest BCUT2D eigenvalue weighted by atomic mass is 9.94. The van der Waals surface area contributed by atoms with Crippen LogP contribution in [-0.2, 0) is 6.18 Å². The van der Waals surface area contributed by atoms with Crippen LogP contribution in [0.4, 0.5) is 24.5 Å². The Kier molecular flexibility index (Phi) is 7.22. The van der Waals surface area contributed by atoms with E-state index < -0.39 is 23.9 Å². The number of benzene rings is 4. The number of aromatic nitrogens is 2. The Labute approximate surface area is 233 Å². The van der Waals surface area contributed by atoms with Crippen molar-refractivity contribution in [1.82, 2.24) is 9.78 Å². The molecule has 1 heterocycles. The van der Waals surface area contributed by atoms with Gasteiger partial charge in [0.1, 0.15) is 11.8 Å². The van der Waals surface area contributed by atoms with Crippen molar-refractivity contribution in [3.63, 3.8) is 0 Å². The van der Waals surface area contributed by atoms with E-state index in [9.17, 15) is 28.3 Å². The molecule has 41 heavy (non-hydrogen) atoms. The molecule has 0 radical (unpaired) electrons. The fourth-order valence-electron chi connectivity index (χ4n) is 4.68. The fourth-order valence-corrected chi connectivity index (χ4v) is 4.68. The number of aliphatic hydroxyl groups excluding tert-OH is 1. The standard InChI is InChI=1S/C31H24F3N5O2/c1-38(2)26-14-13-25(23-11-3-4-12-24(23)26)29(40)20-8-6-9-21(16-20)36-30(41)27-17-28(31(32,33)34)37-39(27)22-10-5-7-19(15-22)18-35/h3-17,29,40H,1-2H3,(H,36,41). The second-order valence-electron chi connectivity index (χ2n) is 9.58. The SMILES string of the molecule is CN(C)c1ccc(C(O)c2cccc(NC(=O)c3cc(C(F)(F)F)nn3-c3cccc(C#N)c3)c2)c2ccccc12. The molecule has 0 aliphatic heterocycles. The molecule has 0 saturated heterocycles. The number of rotatable bonds is 6. The monoisotopic (exact) mass is 555 g/mol. The van der Waals surface area contributed by atoms with Gasteiger partial charge in [-0.3, -0.25) is 4.79 Å². The van der Waals surface area contributed by atoms with Crippen molar-refractivity contribution in [3.8, 4) is 11.8 Å². The van der Waals surface area contributed by atoms with Crippen LogP contribution in [0.25, 0.3) is 16.5 Å². The van der Waals surface area contributed by atoms with Crippen LogP contribution >= 0.6 is 0 Å². The second-order valence-corrected chi connectivity index (χ2v) is 9.58. The molecular weight excluding hydrogens is 531 g/mol. The first-order valence-corrected chi connectivity index (χ1v) is 12.5. The van der Waals surface area contributed by atoms with Gasteiger partial charge in [-0.15, -0.1) is 0 Å². The Bertz CT molecular complexity index is 1800. The number of anilines is 2. The van der Waals surface area contributed by atoms with Gasteiger partial charge < -0.3 is 15.3 Å². The Morgan fingerprint density at radius 3 is 2.41 bits per heavy atom. The van der Waals surface area contributed by atoms with E-state index in [1.54, 1.807) is 24.3 Å². The maximum atomic E-state index is 13.5. The number of aliphatic hydroxyl groups is 1. The Hall–Kier alpha value is -5.14. The van der Waals surface area contributed by atoms with Gasteiger partial charge in [-0.25, -0.2) is 4.68 Å². The Balaban J connectivity index is 1.48. The van der Waals surface area contributed by atoms with Gasteiger partial charge in [-0.05, 0) is 52.9 Å². The van der Waals surface area contributed by atoms with E-state index in [0.717, 1.165) is 21.1 Å². The van der Waals surface area contributed by atoms with Gasteiger partial charge in [0.05, 0.1) is 17.3 Å². The molecule has 5 rings (SSSR count). The quantitative estimate of drug-likeness (QED) is 0.256. The van der Waals surface area contributed by atoms with Gasteiger partial charge in [0.15, 0.2) is 5.69 Å². The number of hydrogen-bond acceptors (Lipinski definition) is 5. The van der Waals surface area contributed by atoms with Gasteiger partial charge in [0.2, 0.25) is 0 Å². The fraction of sp³-hybridized carbons (Fsp3) is 0.129. The zero-order valence-electron chi connectivity index (χ0n) is 22.0. The van der Waals surface area contributed by atoms with Crippen molar-refractivity contribution in [2.45, 2.75) is 12.3 Å². The predicted octanol–water partition coefficient (Wildman–Crippen LogP) is 6.32. The summed E-state index contributed by atoms with van der Waals surface area (Å²) in [5, 5.41) is 28.6. The predicted molar refractivity (Wildman–Crippen MR) is 150 cm³/mol. The normalized spacial score (nSPS) is 12.1. The molecule has 10 heteroatoms. The molecule has 0 fully saturated rings. The van der Waals surface area contributed by atoms with Crippen molar-refractivity contribution in [1.29, 1.82) is 5.26 Å². The van der Waals surface area contributed by atoms with Gasteiger partial charge in [-0.2, -0.15) is 23.5 Å². The molecule has 1 atom stereocenters. The number of hydrogen-bond donors (Lipinski definition) is 2. The van der Waals surface area contributed by atoms with Crippen LogP contribution in [0.1, 0.15) is 39.0 Å². The van der Waals surface area contributed by atoms with Crippen LogP contribution in [0, 0.1) is 11.3 Å². The van der Waals surface area contributed by atoms with E-state index in [2.05, 4.69) is 10.4 Å². The molecule has 5 aromatic rings. The third-order valence-corrected chi connectivity index (χ3v) is 6.62. The lowest BCUT2D eigenvalue weighted by Crippen LogP contribution is -2.17. The Morgan fingerprint density at radius 1 is 0.976 bits per heavy atom. The minimum atomic E-state index is -4.79. The molecule has 0 aliphatic rings. The highest BCUT2D eigenvalue weighted by Crippen LogP contribution is 2.35. The zero-order valence-corrected chi connectivity index (χ0v) is 22.0. The van der Waals surface area contributed by atoms with E-state index in [4.69, 9.17) is 0 Å². The molecule has 7 nitrogen and oxygen atoms in total. The number of alkyl halides is 3. The molecule has 0 saturated carbocycles.